The summed E-state index contributed by atoms with van der Waals surface area (Å²) < 4.78 is 16.1. The van der Waals surface area contributed by atoms with Crippen LogP contribution in [0, 0.1) is 0 Å². The van der Waals surface area contributed by atoms with Crippen molar-refractivity contribution in [3.63, 3.8) is 0 Å². The van der Waals surface area contributed by atoms with Crippen molar-refractivity contribution in [1.29, 1.82) is 0 Å². The number of hydrogen-bond donors (Lipinski definition) is 2. The van der Waals surface area contributed by atoms with E-state index in [0.29, 0.717) is 21.8 Å². The summed E-state index contributed by atoms with van der Waals surface area (Å²) >= 11 is 6.15. The van der Waals surface area contributed by atoms with E-state index in [4.69, 9.17) is 31.2 Å². The van der Waals surface area contributed by atoms with Crippen molar-refractivity contribution in [1.82, 2.24) is 15.3 Å². The molecule has 3 rings (SSSR count). The molecule has 0 saturated carbocycles. The molecule has 1 atom stereocenters. The highest BCUT2D eigenvalue weighted by atomic mass is 35.5. The van der Waals surface area contributed by atoms with E-state index in [1.807, 2.05) is 0 Å². The van der Waals surface area contributed by atoms with E-state index in [1.54, 1.807) is 25.1 Å². The van der Waals surface area contributed by atoms with Crippen LogP contribution in [0.25, 0.3) is 16.5 Å². The van der Waals surface area contributed by atoms with Crippen molar-refractivity contribution in [2.24, 2.45) is 5.73 Å². The van der Waals surface area contributed by atoms with Crippen molar-refractivity contribution in [3.8, 4) is 0 Å². The lowest BCUT2D eigenvalue weighted by Crippen LogP contribution is -2.25. The summed E-state index contributed by atoms with van der Waals surface area (Å²) in [7, 11) is 1.52. The van der Waals surface area contributed by atoms with Gasteiger partial charge in [-0.2, -0.15) is 0 Å². The maximum Gasteiger partial charge on any atom is 0.342 e. The average Bonchev–Trinajstić information content (AvgIpc) is 3.15. The number of aromatic nitrogens is 2. The molecule has 31 heavy (non-hydrogen) atoms. The summed E-state index contributed by atoms with van der Waals surface area (Å²) in [4.78, 5) is 33.1. The molecule has 0 aliphatic rings. The van der Waals surface area contributed by atoms with Crippen molar-refractivity contribution in [2.75, 3.05) is 13.7 Å². The summed E-state index contributed by atoms with van der Waals surface area (Å²) in [5, 5.41) is 3.65. The van der Waals surface area contributed by atoms with Gasteiger partial charge < -0.3 is 24.9 Å². The number of hydrogen-bond acceptors (Lipinski definition) is 8. The first kappa shape index (κ1) is 22.3. The van der Waals surface area contributed by atoms with Gasteiger partial charge in [-0.1, -0.05) is 11.6 Å². The number of benzene rings is 1. The molecule has 3 N–H and O–H groups in total. The third-order valence-corrected chi connectivity index (χ3v) is 4.42. The highest BCUT2D eigenvalue weighted by molar-refractivity contribution is 6.32. The Morgan fingerprint density at radius 2 is 2.03 bits per heavy atom. The van der Waals surface area contributed by atoms with Gasteiger partial charge in [0.25, 0.3) is 5.91 Å². The summed E-state index contributed by atoms with van der Waals surface area (Å²) in [5.74, 6) is -0.444. The molecule has 0 radical (unpaired) electrons. The highest BCUT2D eigenvalue weighted by Gasteiger charge is 2.20. The van der Waals surface area contributed by atoms with Crippen molar-refractivity contribution in [3.05, 3.63) is 65.0 Å². The normalized spacial score (nSPS) is 12.5. The molecule has 10 heteroatoms. The van der Waals surface area contributed by atoms with Crippen LogP contribution in [0.1, 0.15) is 28.9 Å². The molecule has 0 aliphatic carbocycles. The molecule has 0 unspecified atom stereocenters. The zero-order valence-corrected chi connectivity index (χ0v) is 17.7. The van der Waals surface area contributed by atoms with Crippen molar-refractivity contribution < 1.29 is 23.5 Å². The molecule has 0 aliphatic heterocycles. The topological polar surface area (TPSA) is 130 Å². The first-order chi connectivity index (χ1) is 14.9. The largest absolute Gasteiger partial charge is 0.458 e. The lowest BCUT2D eigenvalue weighted by molar-refractivity contribution is -0.115. The molecule has 0 bridgehead atoms. The van der Waals surface area contributed by atoms with E-state index >= 15 is 0 Å². The second-order valence-electron chi connectivity index (χ2n) is 6.59. The Bertz CT molecular complexity index is 1110. The molecule has 1 amide bonds. The molecule has 3 aromatic rings. The number of nitrogens with zero attached hydrogens (tertiary/aromatic N) is 2. The lowest BCUT2D eigenvalue weighted by atomic mass is 10.1. The summed E-state index contributed by atoms with van der Waals surface area (Å²) in [5.41, 5.74) is 6.18. The number of furan rings is 1. The van der Waals surface area contributed by atoms with E-state index in [0.717, 1.165) is 6.20 Å². The number of esters is 1. The van der Waals surface area contributed by atoms with Gasteiger partial charge in [0.05, 0.1) is 18.7 Å². The Kier molecular flexibility index (Phi) is 7.22. The van der Waals surface area contributed by atoms with Gasteiger partial charge in [-0.15, -0.1) is 0 Å². The predicted octanol–water partition coefficient (Wildman–Crippen LogP) is 2.68. The van der Waals surface area contributed by atoms with Gasteiger partial charge in [0, 0.05) is 36.1 Å². The fourth-order valence-electron chi connectivity index (χ4n) is 2.88. The monoisotopic (exact) mass is 444 g/mol. The third-order valence-electron chi connectivity index (χ3n) is 4.20. The Balaban J connectivity index is 1.78. The molecule has 1 aromatic carbocycles. The molecule has 2 aromatic heterocycles. The van der Waals surface area contributed by atoms with E-state index in [-0.39, 0.29) is 30.1 Å². The lowest BCUT2D eigenvalue weighted by Gasteiger charge is -2.12. The van der Waals surface area contributed by atoms with Crippen LogP contribution < -0.4 is 11.1 Å². The maximum absolute atomic E-state index is 12.6. The number of halogens is 1. The Hall–Kier alpha value is -3.43. The molecular formula is C21H21ClN4O5. The standard InChI is InChI=1S/C21H21ClN4O5/c1-12(11-29-2)30-21(28)16-8-14(22)6-13-7-15(31-18(13)16)10-26-20(27)17(9-23)19-24-4-3-5-25-19/h3-9,12H,10-11,23H2,1-2H3,(H,26,27)/b17-9+/t12-/m1/s1. The molecule has 0 spiro atoms. The molecule has 2 heterocycles. The second kappa shape index (κ2) is 10.1. The molecular weight excluding hydrogens is 424 g/mol. The fourth-order valence-corrected chi connectivity index (χ4v) is 3.10. The minimum Gasteiger partial charge on any atom is -0.458 e. The number of carbonyl (C=O) groups excluding carboxylic acids is 2. The van der Waals surface area contributed by atoms with Gasteiger partial charge in [0.15, 0.2) is 5.82 Å². The minimum absolute atomic E-state index is 0.0455. The third kappa shape index (κ3) is 5.39. The minimum atomic E-state index is -0.587. The second-order valence-corrected chi connectivity index (χ2v) is 7.03. The number of fused-ring (bicyclic) bond motifs is 1. The first-order valence-corrected chi connectivity index (χ1v) is 9.70. The van der Waals surface area contributed by atoms with Crippen LogP contribution in [-0.2, 0) is 20.8 Å². The molecule has 0 saturated heterocycles. The molecule has 9 nitrogen and oxygen atoms in total. The summed E-state index contributed by atoms with van der Waals surface area (Å²) in [6.07, 6.45) is 3.71. The van der Waals surface area contributed by atoms with Gasteiger partial charge in [-0.25, -0.2) is 14.8 Å². The van der Waals surface area contributed by atoms with Crippen molar-refractivity contribution >= 4 is 40.0 Å². The van der Waals surface area contributed by atoms with Crippen LogP contribution in [-0.4, -0.2) is 41.7 Å². The Morgan fingerprint density at radius 1 is 1.29 bits per heavy atom. The van der Waals surface area contributed by atoms with Gasteiger partial charge in [-0.05, 0) is 31.2 Å². The number of rotatable bonds is 8. The van der Waals surface area contributed by atoms with E-state index in [1.165, 1.54) is 25.6 Å². The number of methoxy groups -OCH3 is 1. The van der Waals surface area contributed by atoms with Crippen LogP contribution in [0.2, 0.25) is 5.02 Å². The zero-order valence-electron chi connectivity index (χ0n) is 16.9. The van der Waals surface area contributed by atoms with Crippen LogP contribution in [0.15, 0.2) is 47.3 Å². The number of ether oxygens (including phenoxy) is 2. The predicted molar refractivity (Wildman–Crippen MR) is 114 cm³/mol. The SMILES string of the molecule is COC[C@@H](C)OC(=O)c1cc(Cl)cc2cc(CNC(=O)/C(=C/N)c3ncccn3)oc12. The number of carbonyl (C=O) groups is 2. The highest BCUT2D eigenvalue weighted by Crippen LogP contribution is 2.28. The summed E-state index contributed by atoms with van der Waals surface area (Å²) in [6.45, 7) is 2.02. The van der Waals surface area contributed by atoms with E-state index < -0.39 is 18.0 Å². The Labute approximate surface area is 183 Å². The van der Waals surface area contributed by atoms with Crippen molar-refractivity contribution in [2.45, 2.75) is 19.6 Å². The van der Waals surface area contributed by atoms with Crippen LogP contribution in [0.4, 0.5) is 0 Å². The van der Waals surface area contributed by atoms with E-state index in [9.17, 15) is 9.59 Å². The van der Waals surface area contributed by atoms with Crippen LogP contribution in [0.3, 0.4) is 0 Å². The van der Waals surface area contributed by atoms with Gasteiger partial charge >= 0.3 is 5.97 Å². The number of amides is 1. The summed E-state index contributed by atoms with van der Waals surface area (Å²) in [6, 6.07) is 6.44. The number of nitrogens with two attached hydrogens (primary N) is 1. The van der Waals surface area contributed by atoms with Crippen LogP contribution >= 0.6 is 11.6 Å². The van der Waals surface area contributed by atoms with Crippen LogP contribution in [0.5, 0.6) is 0 Å². The van der Waals surface area contributed by atoms with Gasteiger partial charge in [0.1, 0.15) is 23.0 Å². The first-order valence-electron chi connectivity index (χ1n) is 9.32. The van der Waals surface area contributed by atoms with Gasteiger partial charge in [0.2, 0.25) is 0 Å². The molecule has 162 valence electrons. The van der Waals surface area contributed by atoms with Gasteiger partial charge in [-0.3, -0.25) is 4.79 Å². The smallest absolute Gasteiger partial charge is 0.342 e. The number of nitrogens with one attached hydrogen (secondary N) is 1. The average molecular weight is 445 g/mol. The fraction of sp³-hybridized carbons (Fsp3) is 0.238. The quantitative estimate of drug-likeness (QED) is 0.400. The zero-order chi connectivity index (χ0) is 22.4. The maximum atomic E-state index is 12.6. The van der Waals surface area contributed by atoms with E-state index in [2.05, 4.69) is 15.3 Å². The Morgan fingerprint density at radius 3 is 2.71 bits per heavy atom. The molecule has 0 fully saturated rings.